The second kappa shape index (κ2) is 5.48. The predicted octanol–water partition coefficient (Wildman–Crippen LogP) is 3.43. The molecule has 23 heavy (non-hydrogen) atoms. The van der Waals surface area contributed by atoms with Gasteiger partial charge in [-0.1, -0.05) is 31.0 Å². The van der Waals surface area contributed by atoms with Crippen molar-refractivity contribution in [2.75, 3.05) is 0 Å². The fourth-order valence-electron chi connectivity index (χ4n) is 3.54. The average molecular weight is 334 g/mol. The molecule has 0 radical (unpaired) electrons. The highest BCUT2D eigenvalue weighted by molar-refractivity contribution is 7.92. The lowest BCUT2D eigenvalue weighted by molar-refractivity contribution is -0.127. The summed E-state index contributed by atoms with van der Waals surface area (Å²) in [5, 5.41) is 0. The molecule has 1 fully saturated rings. The van der Waals surface area contributed by atoms with Gasteiger partial charge in [0.2, 0.25) is 5.78 Å². The second-order valence-corrected chi connectivity index (χ2v) is 9.31. The van der Waals surface area contributed by atoms with E-state index in [1.54, 1.807) is 38.1 Å². The molecule has 1 aliphatic carbocycles. The van der Waals surface area contributed by atoms with Crippen molar-refractivity contribution in [1.82, 2.24) is 0 Å². The summed E-state index contributed by atoms with van der Waals surface area (Å²) < 4.78 is 31.3. The van der Waals surface area contributed by atoms with Gasteiger partial charge in [0, 0.05) is 12.5 Å². The van der Waals surface area contributed by atoms with Crippen LogP contribution in [0.5, 0.6) is 0 Å². The quantitative estimate of drug-likeness (QED) is 0.846. The Morgan fingerprint density at radius 2 is 1.70 bits per heavy atom. The Kier molecular flexibility index (Phi) is 3.87. The molecule has 1 aromatic rings. The molecule has 1 heterocycles. The van der Waals surface area contributed by atoms with Gasteiger partial charge >= 0.3 is 0 Å². The van der Waals surface area contributed by atoms with E-state index in [1.165, 1.54) is 6.08 Å². The van der Waals surface area contributed by atoms with Gasteiger partial charge in [0.05, 0.1) is 9.64 Å². The van der Waals surface area contributed by atoms with E-state index in [1.807, 2.05) is 6.07 Å². The van der Waals surface area contributed by atoms with E-state index < -0.39 is 20.2 Å². The van der Waals surface area contributed by atoms with E-state index in [0.29, 0.717) is 23.5 Å². The number of hydrogen-bond donors (Lipinski definition) is 0. The highest BCUT2D eigenvalue weighted by atomic mass is 32.2. The Balaban J connectivity index is 1.96. The minimum Gasteiger partial charge on any atom is -0.484 e. The first-order valence-electron chi connectivity index (χ1n) is 8.01. The van der Waals surface area contributed by atoms with Crippen molar-refractivity contribution in [3.63, 3.8) is 0 Å². The monoisotopic (exact) mass is 334 g/mol. The zero-order chi connectivity index (χ0) is 16.7. The van der Waals surface area contributed by atoms with Gasteiger partial charge in [-0.25, -0.2) is 8.42 Å². The Labute approximate surface area is 137 Å². The third-order valence-corrected chi connectivity index (χ3v) is 7.49. The molecule has 1 saturated carbocycles. The molecule has 3 rings (SSSR count). The Morgan fingerprint density at radius 1 is 1.09 bits per heavy atom. The van der Waals surface area contributed by atoms with Gasteiger partial charge < -0.3 is 4.74 Å². The number of hydrogen-bond acceptors (Lipinski definition) is 4. The molecular weight excluding hydrogens is 312 g/mol. The predicted molar refractivity (Wildman–Crippen MR) is 87.7 cm³/mol. The van der Waals surface area contributed by atoms with Crippen molar-refractivity contribution in [2.45, 2.75) is 61.2 Å². The maximum atomic E-state index is 13.2. The van der Waals surface area contributed by atoms with Crippen molar-refractivity contribution in [2.24, 2.45) is 0 Å². The maximum Gasteiger partial charge on any atom is 0.201 e. The normalized spacial score (nSPS) is 22.7. The Hall–Kier alpha value is -1.62. The molecule has 124 valence electrons. The molecule has 0 bridgehead atoms. The largest absolute Gasteiger partial charge is 0.484 e. The lowest BCUT2D eigenvalue weighted by atomic mass is 10.0. The Bertz CT molecular complexity index is 738. The molecule has 5 heteroatoms. The SMILES string of the molecule is CC1(C)OC(CC2(S(=O)(=O)c3ccccc3)CCCC2)=CC1=O. The summed E-state index contributed by atoms with van der Waals surface area (Å²) in [7, 11) is -3.47. The van der Waals surface area contributed by atoms with E-state index in [0.717, 1.165) is 12.8 Å². The van der Waals surface area contributed by atoms with Crippen molar-refractivity contribution in [1.29, 1.82) is 0 Å². The first-order chi connectivity index (χ1) is 10.8. The lowest BCUT2D eigenvalue weighted by Crippen LogP contribution is -2.37. The van der Waals surface area contributed by atoms with Crippen LogP contribution < -0.4 is 0 Å². The van der Waals surface area contributed by atoms with Gasteiger partial charge in [-0.05, 0) is 38.8 Å². The van der Waals surface area contributed by atoms with Crippen LogP contribution in [0.3, 0.4) is 0 Å². The lowest BCUT2D eigenvalue weighted by Gasteiger charge is -2.30. The number of allylic oxidation sites excluding steroid dienone is 1. The van der Waals surface area contributed by atoms with Crippen LogP contribution in [-0.2, 0) is 19.4 Å². The fraction of sp³-hybridized carbons (Fsp3) is 0.500. The zero-order valence-corrected chi connectivity index (χ0v) is 14.4. The molecule has 0 aromatic heterocycles. The number of sulfone groups is 1. The van der Waals surface area contributed by atoms with Gasteiger partial charge in [-0.3, -0.25) is 4.79 Å². The summed E-state index contributed by atoms with van der Waals surface area (Å²) in [6.07, 6.45) is 4.74. The highest BCUT2D eigenvalue weighted by Crippen LogP contribution is 2.46. The molecule has 0 spiro atoms. The number of rotatable bonds is 4. The number of carbonyl (C=O) groups is 1. The van der Waals surface area contributed by atoms with Gasteiger partial charge in [0.1, 0.15) is 5.76 Å². The molecule has 0 atom stereocenters. The van der Waals surface area contributed by atoms with Crippen LogP contribution in [0.2, 0.25) is 0 Å². The van der Waals surface area contributed by atoms with Gasteiger partial charge in [-0.2, -0.15) is 0 Å². The van der Waals surface area contributed by atoms with Crippen LogP contribution in [0.25, 0.3) is 0 Å². The minimum atomic E-state index is -3.47. The molecule has 0 N–H and O–H groups in total. The van der Waals surface area contributed by atoms with Crippen molar-refractivity contribution >= 4 is 15.6 Å². The molecular formula is C18H22O4S. The molecule has 0 unspecified atom stereocenters. The first-order valence-corrected chi connectivity index (χ1v) is 9.49. The van der Waals surface area contributed by atoms with Crippen LogP contribution in [0.4, 0.5) is 0 Å². The maximum absolute atomic E-state index is 13.2. The average Bonchev–Trinajstić information content (AvgIpc) is 3.06. The number of benzene rings is 1. The van der Waals surface area contributed by atoms with Crippen molar-refractivity contribution in [3.8, 4) is 0 Å². The van der Waals surface area contributed by atoms with E-state index >= 15 is 0 Å². The number of carbonyl (C=O) groups excluding carboxylic acids is 1. The van der Waals surface area contributed by atoms with Crippen molar-refractivity contribution < 1.29 is 17.9 Å². The summed E-state index contributed by atoms with van der Waals surface area (Å²) >= 11 is 0. The topological polar surface area (TPSA) is 60.4 Å². The smallest absolute Gasteiger partial charge is 0.201 e. The number of ketones is 1. The molecule has 0 saturated heterocycles. The van der Waals surface area contributed by atoms with Gasteiger partial charge in [-0.15, -0.1) is 0 Å². The van der Waals surface area contributed by atoms with Crippen LogP contribution in [0.15, 0.2) is 47.1 Å². The van der Waals surface area contributed by atoms with Crippen LogP contribution in [0, 0.1) is 0 Å². The Morgan fingerprint density at radius 3 is 2.22 bits per heavy atom. The minimum absolute atomic E-state index is 0.0993. The molecule has 0 amide bonds. The zero-order valence-electron chi connectivity index (χ0n) is 13.5. The molecule has 1 aliphatic heterocycles. The van der Waals surface area contributed by atoms with E-state index in [2.05, 4.69) is 0 Å². The summed E-state index contributed by atoms with van der Waals surface area (Å²) in [6.45, 7) is 3.43. The van der Waals surface area contributed by atoms with Crippen LogP contribution in [0.1, 0.15) is 46.0 Å². The van der Waals surface area contributed by atoms with Crippen LogP contribution in [-0.4, -0.2) is 24.5 Å². The van der Waals surface area contributed by atoms with E-state index in [-0.39, 0.29) is 12.2 Å². The van der Waals surface area contributed by atoms with Gasteiger partial charge in [0.15, 0.2) is 15.4 Å². The summed E-state index contributed by atoms with van der Waals surface area (Å²) in [6, 6.07) is 8.59. The summed E-state index contributed by atoms with van der Waals surface area (Å²) in [5.74, 6) is 0.402. The molecule has 2 aliphatic rings. The first kappa shape index (κ1) is 16.2. The van der Waals surface area contributed by atoms with Crippen molar-refractivity contribution in [3.05, 3.63) is 42.2 Å². The summed E-state index contributed by atoms with van der Waals surface area (Å²) in [5.41, 5.74) is -0.883. The molecule has 1 aromatic carbocycles. The van der Waals surface area contributed by atoms with E-state index in [4.69, 9.17) is 4.74 Å². The third-order valence-electron chi connectivity index (χ3n) is 4.91. The third kappa shape index (κ3) is 2.71. The van der Waals surface area contributed by atoms with Gasteiger partial charge in [0.25, 0.3) is 0 Å². The fourth-order valence-corrected chi connectivity index (χ4v) is 5.72. The highest BCUT2D eigenvalue weighted by Gasteiger charge is 2.49. The number of ether oxygens (including phenoxy) is 1. The van der Waals surface area contributed by atoms with Crippen LogP contribution >= 0.6 is 0 Å². The summed E-state index contributed by atoms with van der Waals surface area (Å²) in [4.78, 5) is 12.3. The molecule has 4 nitrogen and oxygen atoms in total. The van der Waals surface area contributed by atoms with E-state index in [9.17, 15) is 13.2 Å². The standard InChI is InChI=1S/C18H22O4S/c1-17(2)16(19)12-14(22-17)13-18(10-6-7-11-18)23(20,21)15-8-4-3-5-9-15/h3-5,8-9,12H,6-7,10-11,13H2,1-2H3. The second-order valence-electron chi connectivity index (χ2n) is 6.97.